The highest BCUT2D eigenvalue weighted by Gasteiger charge is 2.26. The van der Waals surface area contributed by atoms with Crippen LogP contribution < -0.4 is 20.9 Å². The monoisotopic (exact) mass is 211 g/mol. The van der Waals surface area contributed by atoms with Crippen molar-refractivity contribution in [3.05, 3.63) is 20.4 Å². The van der Waals surface area contributed by atoms with Gasteiger partial charge in [0.15, 0.2) is 5.75 Å². The average Bonchev–Trinajstić information content (AvgIpc) is 2.22. The van der Waals surface area contributed by atoms with E-state index in [0.29, 0.717) is 12.3 Å². The summed E-state index contributed by atoms with van der Waals surface area (Å²) in [6, 6.07) is 0. The molecule has 0 radical (unpaired) electrons. The molecule has 84 valence electrons. The molecule has 0 saturated carbocycles. The van der Waals surface area contributed by atoms with E-state index in [1.807, 2.05) is 20.8 Å². The van der Waals surface area contributed by atoms with Crippen LogP contribution in [0, 0.1) is 0 Å². The first-order valence-electron chi connectivity index (χ1n) is 5.17. The van der Waals surface area contributed by atoms with Gasteiger partial charge in [-0.3, -0.25) is 9.59 Å². The Morgan fingerprint density at radius 2 is 1.80 bits per heavy atom. The Kier molecular flexibility index (Phi) is 3.17. The molecule has 0 heterocycles. The fourth-order valence-electron chi connectivity index (χ4n) is 1.19. The SMILES string of the molecule is CCOc1c(NC(C)(C)CC)c(=O)c1=O. The Morgan fingerprint density at radius 3 is 2.27 bits per heavy atom. The molecule has 1 aromatic rings. The van der Waals surface area contributed by atoms with Crippen molar-refractivity contribution in [3.8, 4) is 5.75 Å². The van der Waals surface area contributed by atoms with Crippen LogP contribution in [0.3, 0.4) is 0 Å². The molecule has 0 aliphatic rings. The molecule has 1 N–H and O–H groups in total. The molecule has 0 bridgehead atoms. The highest BCUT2D eigenvalue weighted by Crippen LogP contribution is 2.23. The van der Waals surface area contributed by atoms with E-state index in [-0.39, 0.29) is 11.3 Å². The Morgan fingerprint density at radius 1 is 1.20 bits per heavy atom. The van der Waals surface area contributed by atoms with Crippen LogP contribution in [0.1, 0.15) is 34.1 Å². The normalized spacial score (nSPS) is 11.7. The second-order valence-corrected chi connectivity index (χ2v) is 4.16. The molecule has 0 aliphatic carbocycles. The minimum atomic E-state index is -0.522. The zero-order chi connectivity index (χ0) is 11.6. The largest absolute Gasteiger partial charge is 0.488 e. The smallest absolute Gasteiger partial charge is 0.272 e. The second-order valence-electron chi connectivity index (χ2n) is 4.16. The minimum Gasteiger partial charge on any atom is -0.488 e. The topological polar surface area (TPSA) is 55.4 Å². The summed E-state index contributed by atoms with van der Waals surface area (Å²) in [5.41, 5.74) is -0.867. The molecule has 1 rings (SSSR count). The van der Waals surface area contributed by atoms with Crippen molar-refractivity contribution in [3.63, 3.8) is 0 Å². The van der Waals surface area contributed by atoms with Crippen molar-refractivity contribution in [1.82, 2.24) is 0 Å². The van der Waals surface area contributed by atoms with Gasteiger partial charge >= 0.3 is 0 Å². The van der Waals surface area contributed by atoms with Gasteiger partial charge in [0.2, 0.25) is 0 Å². The lowest BCUT2D eigenvalue weighted by Gasteiger charge is -2.27. The van der Waals surface area contributed by atoms with Gasteiger partial charge in [-0.25, -0.2) is 0 Å². The molecule has 0 aliphatic heterocycles. The first-order chi connectivity index (χ1) is 6.93. The Balaban J connectivity index is 2.92. The number of nitrogens with one attached hydrogen (secondary N) is 1. The van der Waals surface area contributed by atoms with Crippen LogP contribution in [0.2, 0.25) is 0 Å². The van der Waals surface area contributed by atoms with Gasteiger partial charge in [-0.05, 0) is 27.2 Å². The maximum Gasteiger partial charge on any atom is 0.272 e. The number of hydrogen-bond acceptors (Lipinski definition) is 4. The van der Waals surface area contributed by atoms with Gasteiger partial charge in [0.1, 0.15) is 5.69 Å². The predicted octanol–water partition coefficient (Wildman–Crippen LogP) is 1.28. The molecule has 0 atom stereocenters. The van der Waals surface area contributed by atoms with Gasteiger partial charge in [-0.2, -0.15) is 0 Å². The molecule has 4 heteroatoms. The Bertz CT molecular complexity index is 413. The molecule has 0 aromatic heterocycles. The van der Waals surface area contributed by atoms with Crippen LogP contribution in [0.5, 0.6) is 5.75 Å². The molecule has 0 amide bonds. The van der Waals surface area contributed by atoms with Crippen molar-refractivity contribution in [1.29, 1.82) is 0 Å². The maximum absolute atomic E-state index is 11.3. The van der Waals surface area contributed by atoms with Crippen molar-refractivity contribution in [2.24, 2.45) is 0 Å². The lowest BCUT2D eigenvalue weighted by molar-refractivity contribution is 0.333. The summed E-state index contributed by atoms with van der Waals surface area (Å²) >= 11 is 0. The third-order valence-corrected chi connectivity index (χ3v) is 2.50. The summed E-state index contributed by atoms with van der Waals surface area (Å²) in [7, 11) is 0. The van der Waals surface area contributed by atoms with E-state index in [2.05, 4.69) is 5.32 Å². The van der Waals surface area contributed by atoms with Gasteiger partial charge in [-0.15, -0.1) is 0 Å². The fourth-order valence-corrected chi connectivity index (χ4v) is 1.19. The molecule has 0 unspecified atom stereocenters. The third-order valence-electron chi connectivity index (χ3n) is 2.50. The van der Waals surface area contributed by atoms with E-state index in [4.69, 9.17) is 4.74 Å². The zero-order valence-corrected chi connectivity index (χ0v) is 9.64. The summed E-state index contributed by atoms with van der Waals surface area (Å²) in [5, 5.41) is 3.04. The molecular weight excluding hydrogens is 194 g/mol. The molecule has 1 aromatic carbocycles. The lowest BCUT2D eigenvalue weighted by Crippen LogP contribution is -2.41. The maximum atomic E-state index is 11.3. The highest BCUT2D eigenvalue weighted by molar-refractivity contribution is 5.62. The minimum absolute atomic E-state index is 0.184. The number of anilines is 1. The van der Waals surface area contributed by atoms with Crippen LogP contribution in [0.25, 0.3) is 0 Å². The van der Waals surface area contributed by atoms with Crippen molar-refractivity contribution < 1.29 is 4.74 Å². The third kappa shape index (κ3) is 2.19. The van der Waals surface area contributed by atoms with Gasteiger partial charge in [-0.1, -0.05) is 6.92 Å². The molecule has 15 heavy (non-hydrogen) atoms. The van der Waals surface area contributed by atoms with Crippen LogP contribution in [0.15, 0.2) is 9.59 Å². The summed E-state index contributed by atoms with van der Waals surface area (Å²) in [6.07, 6.45) is 0.859. The van der Waals surface area contributed by atoms with Gasteiger partial charge in [0.05, 0.1) is 6.61 Å². The average molecular weight is 211 g/mol. The summed E-state index contributed by atoms with van der Waals surface area (Å²) in [4.78, 5) is 22.5. The van der Waals surface area contributed by atoms with Crippen LogP contribution in [0.4, 0.5) is 5.69 Å². The van der Waals surface area contributed by atoms with E-state index >= 15 is 0 Å². The number of ether oxygens (including phenoxy) is 1. The van der Waals surface area contributed by atoms with Crippen molar-refractivity contribution >= 4 is 5.69 Å². The summed E-state index contributed by atoms with van der Waals surface area (Å²) < 4.78 is 5.11. The molecule has 4 nitrogen and oxygen atoms in total. The van der Waals surface area contributed by atoms with E-state index < -0.39 is 10.9 Å². The molecule has 0 saturated heterocycles. The zero-order valence-electron chi connectivity index (χ0n) is 9.64. The lowest BCUT2D eigenvalue weighted by atomic mass is 10.0. The highest BCUT2D eigenvalue weighted by atomic mass is 16.5. The summed E-state index contributed by atoms with van der Waals surface area (Å²) in [6.45, 7) is 8.13. The standard InChI is InChI=1S/C11H17NO3/c1-5-11(3,4)12-7-8(13)9(14)10(7)15-6-2/h12H,5-6H2,1-4H3. The van der Waals surface area contributed by atoms with Crippen LogP contribution in [-0.2, 0) is 0 Å². The van der Waals surface area contributed by atoms with E-state index in [1.54, 1.807) is 6.92 Å². The van der Waals surface area contributed by atoms with Gasteiger partial charge in [0, 0.05) is 5.54 Å². The predicted molar refractivity (Wildman–Crippen MR) is 60.5 cm³/mol. The van der Waals surface area contributed by atoms with Gasteiger partial charge in [0.25, 0.3) is 10.9 Å². The number of hydrogen-bond donors (Lipinski definition) is 1. The first-order valence-corrected chi connectivity index (χ1v) is 5.17. The second kappa shape index (κ2) is 4.04. The van der Waals surface area contributed by atoms with E-state index in [9.17, 15) is 9.59 Å². The Hall–Kier alpha value is -1.32. The quantitative estimate of drug-likeness (QED) is 0.745. The molecule has 0 fully saturated rings. The Labute approximate surface area is 89.0 Å². The first kappa shape index (κ1) is 11.8. The van der Waals surface area contributed by atoms with Gasteiger partial charge < -0.3 is 10.1 Å². The summed E-state index contributed by atoms with van der Waals surface area (Å²) in [5.74, 6) is 0.184. The van der Waals surface area contributed by atoms with E-state index in [1.165, 1.54) is 0 Å². The van der Waals surface area contributed by atoms with E-state index in [0.717, 1.165) is 6.42 Å². The molecule has 0 spiro atoms. The fraction of sp³-hybridized carbons (Fsp3) is 0.636. The number of rotatable bonds is 5. The van der Waals surface area contributed by atoms with Crippen LogP contribution >= 0.6 is 0 Å². The van der Waals surface area contributed by atoms with Crippen LogP contribution in [-0.4, -0.2) is 12.1 Å². The van der Waals surface area contributed by atoms with Crippen molar-refractivity contribution in [2.75, 3.05) is 11.9 Å². The molecular formula is C11H17NO3. The van der Waals surface area contributed by atoms with Crippen molar-refractivity contribution in [2.45, 2.75) is 39.7 Å².